The van der Waals surface area contributed by atoms with Crippen LogP contribution in [0.25, 0.3) is 0 Å². The SMILES string of the molecule is CCCCCOc1ccc(Cn2c(=O)[nH]sc2=O)cc1. The van der Waals surface area contributed by atoms with Crippen LogP contribution in [0.2, 0.25) is 0 Å². The molecule has 0 radical (unpaired) electrons. The van der Waals surface area contributed by atoms with Crippen LogP contribution in [0.15, 0.2) is 33.9 Å². The van der Waals surface area contributed by atoms with Gasteiger partial charge in [0.15, 0.2) is 0 Å². The molecule has 0 bridgehead atoms. The van der Waals surface area contributed by atoms with Gasteiger partial charge in [-0.25, -0.2) is 9.36 Å². The van der Waals surface area contributed by atoms with Crippen molar-refractivity contribution in [1.29, 1.82) is 0 Å². The fourth-order valence-electron chi connectivity index (χ4n) is 1.83. The Morgan fingerprint density at radius 2 is 1.95 bits per heavy atom. The number of ether oxygens (including phenoxy) is 1. The molecule has 1 N–H and O–H groups in total. The van der Waals surface area contributed by atoms with Crippen LogP contribution in [0.5, 0.6) is 5.75 Å². The molecule has 1 heterocycles. The maximum Gasteiger partial charge on any atom is 0.338 e. The lowest BCUT2D eigenvalue weighted by Crippen LogP contribution is -2.26. The zero-order valence-electron chi connectivity index (χ0n) is 11.4. The largest absolute Gasteiger partial charge is 0.494 e. The van der Waals surface area contributed by atoms with Crippen LogP contribution >= 0.6 is 11.5 Å². The third-order valence-electron chi connectivity index (χ3n) is 2.97. The van der Waals surface area contributed by atoms with Crippen LogP contribution in [-0.4, -0.2) is 15.5 Å². The van der Waals surface area contributed by atoms with Gasteiger partial charge in [0.2, 0.25) is 0 Å². The fourth-order valence-corrected chi connectivity index (χ4v) is 2.37. The highest BCUT2D eigenvalue weighted by Crippen LogP contribution is 2.13. The highest BCUT2D eigenvalue weighted by atomic mass is 32.1. The Morgan fingerprint density at radius 1 is 1.20 bits per heavy atom. The molecule has 0 aliphatic rings. The summed E-state index contributed by atoms with van der Waals surface area (Å²) in [7, 11) is 0. The van der Waals surface area contributed by atoms with Crippen molar-refractivity contribution in [3.8, 4) is 5.75 Å². The van der Waals surface area contributed by atoms with Crippen molar-refractivity contribution >= 4 is 11.5 Å². The second-order valence-electron chi connectivity index (χ2n) is 4.56. The van der Waals surface area contributed by atoms with E-state index in [4.69, 9.17) is 4.74 Å². The lowest BCUT2D eigenvalue weighted by molar-refractivity contribution is 0.306. The molecule has 0 amide bonds. The number of aromatic amines is 1. The monoisotopic (exact) mass is 294 g/mol. The van der Waals surface area contributed by atoms with Gasteiger partial charge in [0.1, 0.15) is 5.75 Å². The molecular formula is C14H18N2O3S. The molecular weight excluding hydrogens is 276 g/mol. The second-order valence-corrected chi connectivity index (χ2v) is 5.32. The zero-order chi connectivity index (χ0) is 14.4. The van der Waals surface area contributed by atoms with Gasteiger partial charge >= 0.3 is 10.6 Å². The third-order valence-corrected chi connectivity index (χ3v) is 3.64. The molecule has 1 aromatic carbocycles. The predicted octanol–water partition coefficient (Wildman–Crippen LogP) is 2.22. The van der Waals surface area contributed by atoms with E-state index >= 15 is 0 Å². The van der Waals surface area contributed by atoms with Crippen molar-refractivity contribution < 1.29 is 4.74 Å². The normalized spacial score (nSPS) is 10.7. The first-order valence-electron chi connectivity index (χ1n) is 6.70. The lowest BCUT2D eigenvalue weighted by Gasteiger charge is -2.06. The van der Waals surface area contributed by atoms with Crippen molar-refractivity contribution in [1.82, 2.24) is 8.94 Å². The smallest absolute Gasteiger partial charge is 0.338 e. The third kappa shape index (κ3) is 3.84. The molecule has 6 heteroatoms. The Kier molecular flexibility index (Phi) is 5.17. The highest BCUT2D eigenvalue weighted by Gasteiger charge is 2.04. The van der Waals surface area contributed by atoms with Crippen LogP contribution in [0.3, 0.4) is 0 Å². The molecule has 2 rings (SSSR count). The van der Waals surface area contributed by atoms with Crippen LogP contribution in [0.1, 0.15) is 31.7 Å². The van der Waals surface area contributed by atoms with Crippen LogP contribution in [-0.2, 0) is 6.54 Å². The van der Waals surface area contributed by atoms with Crippen molar-refractivity contribution in [2.45, 2.75) is 32.7 Å². The van der Waals surface area contributed by atoms with Crippen molar-refractivity contribution in [2.24, 2.45) is 0 Å². The number of hydrogen-bond acceptors (Lipinski definition) is 4. The van der Waals surface area contributed by atoms with Gasteiger partial charge in [0.25, 0.3) is 0 Å². The van der Waals surface area contributed by atoms with Crippen LogP contribution in [0, 0.1) is 0 Å². The minimum Gasteiger partial charge on any atom is -0.494 e. The van der Waals surface area contributed by atoms with E-state index in [1.807, 2.05) is 24.3 Å². The summed E-state index contributed by atoms with van der Waals surface area (Å²) in [4.78, 5) is 22.6. The summed E-state index contributed by atoms with van der Waals surface area (Å²) in [6.45, 7) is 3.16. The molecule has 0 atom stereocenters. The predicted molar refractivity (Wildman–Crippen MR) is 79.8 cm³/mol. The topological polar surface area (TPSA) is 64.1 Å². The number of hydrogen-bond donors (Lipinski definition) is 1. The number of aromatic nitrogens is 2. The summed E-state index contributed by atoms with van der Waals surface area (Å²) in [5, 5.41) is 0. The van der Waals surface area contributed by atoms with E-state index in [-0.39, 0.29) is 17.1 Å². The average molecular weight is 294 g/mol. The van der Waals surface area contributed by atoms with E-state index in [0.717, 1.165) is 35.9 Å². The second kappa shape index (κ2) is 7.09. The van der Waals surface area contributed by atoms with Crippen LogP contribution in [0.4, 0.5) is 0 Å². The molecule has 0 aliphatic heterocycles. The summed E-state index contributed by atoms with van der Waals surface area (Å²) in [5.41, 5.74) is 0.539. The van der Waals surface area contributed by atoms with Gasteiger partial charge in [-0.3, -0.25) is 9.17 Å². The Balaban J connectivity index is 1.95. The Labute approximate surface area is 121 Å². The Hall–Kier alpha value is -1.82. The van der Waals surface area contributed by atoms with Crippen LogP contribution < -0.4 is 15.3 Å². The first kappa shape index (κ1) is 14.6. The first-order chi connectivity index (χ1) is 9.70. The molecule has 20 heavy (non-hydrogen) atoms. The maximum absolute atomic E-state index is 11.4. The Morgan fingerprint density at radius 3 is 2.55 bits per heavy atom. The molecule has 5 nitrogen and oxygen atoms in total. The van der Waals surface area contributed by atoms with E-state index in [0.29, 0.717) is 0 Å². The molecule has 1 aromatic heterocycles. The van der Waals surface area contributed by atoms with Gasteiger partial charge in [-0.15, -0.1) is 0 Å². The number of nitrogens with zero attached hydrogens (tertiary/aromatic N) is 1. The summed E-state index contributed by atoms with van der Waals surface area (Å²) in [6.07, 6.45) is 3.39. The summed E-state index contributed by atoms with van der Waals surface area (Å²) in [6, 6.07) is 7.48. The summed E-state index contributed by atoms with van der Waals surface area (Å²) < 4.78 is 9.21. The molecule has 0 spiro atoms. The average Bonchev–Trinajstić information content (AvgIpc) is 2.77. The maximum atomic E-state index is 11.4. The quantitative estimate of drug-likeness (QED) is 0.796. The molecule has 2 aromatic rings. The molecule has 0 unspecified atom stereocenters. The molecule has 0 aliphatic carbocycles. The van der Waals surface area contributed by atoms with E-state index in [2.05, 4.69) is 11.3 Å². The van der Waals surface area contributed by atoms with E-state index in [9.17, 15) is 9.59 Å². The van der Waals surface area contributed by atoms with Gasteiger partial charge in [-0.05, 0) is 24.1 Å². The number of benzene rings is 1. The lowest BCUT2D eigenvalue weighted by atomic mass is 10.2. The Bertz CT molecular complexity index is 612. The van der Waals surface area contributed by atoms with Gasteiger partial charge in [0.05, 0.1) is 13.2 Å². The first-order valence-corrected chi connectivity index (χ1v) is 7.52. The molecule has 0 fully saturated rings. The number of rotatable bonds is 7. The van der Waals surface area contributed by atoms with Crippen molar-refractivity contribution in [3.05, 3.63) is 50.0 Å². The fraction of sp³-hybridized carbons (Fsp3) is 0.429. The number of H-pyrrole nitrogens is 1. The summed E-state index contributed by atoms with van der Waals surface area (Å²) >= 11 is 0.814. The van der Waals surface area contributed by atoms with Gasteiger partial charge in [-0.1, -0.05) is 31.9 Å². The van der Waals surface area contributed by atoms with Gasteiger partial charge in [0, 0.05) is 11.5 Å². The van der Waals surface area contributed by atoms with Crippen molar-refractivity contribution in [3.63, 3.8) is 0 Å². The van der Waals surface area contributed by atoms with E-state index in [1.165, 1.54) is 17.4 Å². The number of nitrogens with one attached hydrogen (secondary N) is 1. The van der Waals surface area contributed by atoms with Gasteiger partial charge < -0.3 is 4.74 Å². The standard InChI is InChI=1S/C14H18N2O3S/c1-2-3-4-9-19-12-7-5-11(6-8-12)10-16-13(17)15-20-14(16)18/h5-8H,2-4,9-10H2,1H3,(H,15,17). The summed E-state index contributed by atoms with van der Waals surface area (Å²) in [5.74, 6) is 0.816. The zero-order valence-corrected chi connectivity index (χ0v) is 12.2. The minimum absolute atomic E-state index is 0.269. The molecule has 108 valence electrons. The number of unbranched alkanes of at least 4 members (excludes halogenated alkanes) is 2. The van der Waals surface area contributed by atoms with E-state index in [1.54, 1.807) is 0 Å². The molecule has 0 saturated heterocycles. The van der Waals surface area contributed by atoms with E-state index < -0.39 is 0 Å². The highest BCUT2D eigenvalue weighted by molar-refractivity contribution is 7.02. The van der Waals surface area contributed by atoms with Gasteiger partial charge in [-0.2, -0.15) is 0 Å². The molecule has 0 saturated carbocycles. The minimum atomic E-state index is -0.361. The van der Waals surface area contributed by atoms with Crippen molar-refractivity contribution in [2.75, 3.05) is 6.61 Å².